The summed E-state index contributed by atoms with van der Waals surface area (Å²) < 4.78 is 17.9. The Bertz CT molecular complexity index is 431. The van der Waals surface area contributed by atoms with E-state index in [0.717, 1.165) is 18.9 Å². The minimum absolute atomic E-state index is 0.122. The average Bonchev–Trinajstić information content (AvgIpc) is 2.22. The zero-order valence-corrected chi connectivity index (χ0v) is 9.57. The summed E-state index contributed by atoms with van der Waals surface area (Å²) in [5, 5.41) is 2.84. The number of carbonyl (C=O) groups is 1. The second-order valence-electron chi connectivity index (χ2n) is 4.23. The first-order valence-electron chi connectivity index (χ1n) is 5.49. The zero-order chi connectivity index (χ0) is 12.4. The van der Waals surface area contributed by atoms with Gasteiger partial charge in [-0.25, -0.2) is 4.39 Å². The minimum Gasteiger partial charge on any atom is -0.398 e. The summed E-state index contributed by atoms with van der Waals surface area (Å²) in [5.41, 5.74) is 6.06. The lowest BCUT2D eigenvalue weighted by Gasteiger charge is -2.34. The van der Waals surface area contributed by atoms with Gasteiger partial charge in [0.2, 0.25) is 0 Å². The van der Waals surface area contributed by atoms with Crippen LogP contribution in [0.3, 0.4) is 0 Å². The zero-order valence-electron chi connectivity index (χ0n) is 9.57. The number of halogens is 1. The maximum absolute atomic E-state index is 12.8. The van der Waals surface area contributed by atoms with E-state index in [1.807, 2.05) is 0 Å². The number of rotatable bonds is 3. The summed E-state index contributed by atoms with van der Waals surface area (Å²) in [5.74, 6) is -0.704. The molecule has 1 aliphatic carbocycles. The molecule has 17 heavy (non-hydrogen) atoms. The van der Waals surface area contributed by atoms with E-state index < -0.39 is 5.82 Å². The van der Waals surface area contributed by atoms with Crippen LogP contribution in [0.1, 0.15) is 23.2 Å². The molecule has 0 radical (unpaired) electrons. The lowest BCUT2D eigenvalue weighted by atomic mass is 9.89. The van der Waals surface area contributed by atoms with Crippen LogP contribution < -0.4 is 11.1 Å². The first-order valence-corrected chi connectivity index (χ1v) is 5.49. The Morgan fingerprint density at radius 2 is 2.24 bits per heavy atom. The molecule has 1 fully saturated rings. The molecule has 1 aliphatic rings. The van der Waals surface area contributed by atoms with Gasteiger partial charge in [0.15, 0.2) is 0 Å². The number of nitrogens with one attached hydrogen (secondary N) is 1. The van der Waals surface area contributed by atoms with Crippen molar-refractivity contribution in [1.82, 2.24) is 5.32 Å². The third kappa shape index (κ3) is 2.55. The van der Waals surface area contributed by atoms with Crippen LogP contribution in [0.5, 0.6) is 0 Å². The predicted octanol–water partition coefficient (Wildman–Crippen LogP) is 1.32. The summed E-state index contributed by atoms with van der Waals surface area (Å²) in [7, 11) is 1.65. The fourth-order valence-electron chi connectivity index (χ4n) is 1.88. The first kappa shape index (κ1) is 11.9. The Morgan fingerprint density at radius 1 is 1.53 bits per heavy atom. The van der Waals surface area contributed by atoms with Gasteiger partial charge in [-0.3, -0.25) is 4.79 Å². The lowest BCUT2D eigenvalue weighted by Crippen LogP contribution is -2.47. The minimum atomic E-state index is -0.442. The van der Waals surface area contributed by atoms with Crippen molar-refractivity contribution in [2.45, 2.75) is 25.0 Å². The highest BCUT2D eigenvalue weighted by Gasteiger charge is 2.30. The Labute approximate surface area is 98.9 Å². The quantitative estimate of drug-likeness (QED) is 0.780. The van der Waals surface area contributed by atoms with Crippen molar-refractivity contribution in [2.75, 3.05) is 12.8 Å². The number of benzene rings is 1. The molecule has 0 saturated heterocycles. The molecule has 1 saturated carbocycles. The van der Waals surface area contributed by atoms with Crippen molar-refractivity contribution < 1.29 is 13.9 Å². The van der Waals surface area contributed by atoms with E-state index in [4.69, 9.17) is 10.5 Å². The Kier molecular flexibility index (Phi) is 3.28. The van der Waals surface area contributed by atoms with E-state index in [-0.39, 0.29) is 23.7 Å². The van der Waals surface area contributed by atoms with Crippen molar-refractivity contribution >= 4 is 11.6 Å². The number of methoxy groups -OCH3 is 1. The number of hydrogen-bond donors (Lipinski definition) is 2. The van der Waals surface area contributed by atoms with Gasteiger partial charge in [0, 0.05) is 18.8 Å². The van der Waals surface area contributed by atoms with Gasteiger partial charge in [0.05, 0.1) is 11.7 Å². The summed E-state index contributed by atoms with van der Waals surface area (Å²) in [6.07, 6.45) is 1.85. The van der Waals surface area contributed by atoms with Gasteiger partial charge in [0.1, 0.15) is 5.82 Å². The van der Waals surface area contributed by atoms with Crippen LogP contribution in [-0.2, 0) is 4.74 Å². The van der Waals surface area contributed by atoms with Gasteiger partial charge in [0.25, 0.3) is 5.91 Å². The van der Waals surface area contributed by atoms with E-state index in [1.54, 1.807) is 7.11 Å². The second kappa shape index (κ2) is 4.71. The molecule has 0 bridgehead atoms. The first-order chi connectivity index (χ1) is 8.10. The number of anilines is 1. The van der Waals surface area contributed by atoms with E-state index >= 15 is 0 Å². The van der Waals surface area contributed by atoms with Gasteiger partial charge < -0.3 is 15.8 Å². The standard InChI is InChI=1S/C12H15FN2O2/c1-17-9-5-8(6-9)15-12(16)10-3-2-7(13)4-11(10)14/h2-4,8-9H,5-6,14H2,1H3,(H,15,16). The number of nitrogens with two attached hydrogens (primary N) is 1. The van der Waals surface area contributed by atoms with Crippen molar-refractivity contribution in [1.29, 1.82) is 0 Å². The molecule has 1 amide bonds. The summed E-state index contributed by atoms with van der Waals surface area (Å²) in [6.45, 7) is 0. The second-order valence-corrected chi connectivity index (χ2v) is 4.23. The summed E-state index contributed by atoms with van der Waals surface area (Å²) in [6, 6.07) is 3.89. The fourth-order valence-corrected chi connectivity index (χ4v) is 1.88. The highest BCUT2D eigenvalue weighted by molar-refractivity contribution is 5.99. The number of nitrogen functional groups attached to an aromatic ring is 1. The number of hydrogen-bond acceptors (Lipinski definition) is 3. The molecule has 4 nitrogen and oxygen atoms in total. The molecule has 2 rings (SSSR count). The van der Waals surface area contributed by atoms with Gasteiger partial charge >= 0.3 is 0 Å². The van der Waals surface area contributed by atoms with Crippen LogP contribution in [-0.4, -0.2) is 25.2 Å². The number of ether oxygens (including phenoxy) is 1. The van der Waals surface area contributed by atoms with Crippen LogP contribution in [0, 0.1) is 5.82 Å². The molecule has 3 N–H and O–H groups in total. The number of amides is 1. The van der Waals surface area contributed by atoms with Crippen molar-refractivity contribution in [2.24, 2.45) is 0 Å². The van der Waals surface area contributed by atoms with Crippen LogP contribution in [0.4, 0.5) is 10.1 Å². The molecule has 0 atom stereocenters. The average molecular weight is 238 g/mol. The van der Waals surface area contributed by atoms with Crippen LogP contribution in [0.25, 0.3) is 0 Å². The summed E-state index contributed by atoms with van der Waals surface area (Å²) >= 11 is 0. The molecule has 0 unspecified atom stereocenters. The predicted molar refractivity (Wildman–Crippen MR) is 62.1 cm³/mol. The molecular formula is C12H15FN2O2. The molecule has 1 aromatic carbocycles. The van der Waals surface area contributed by atoms with Crippen molar-refractivity contribution in [3.8, 4) is 0 Å². The Balaban J connectivity index is 1.96. The monoisotopic (exact) mass is 238 g/mol. The van der Waals surface area contributed by atoms with Gasteiger partial charge in [-0.15, -0.1) is 0 Å². The molecular weight excluding hydrogens is 223 g/mol. The molecule has 0 aromatic heterocycles. The molecule has 1 aromatic rings. The molecule has 92 valence electrons. The number of carbonyl (C=O) groups excluding carboxylic acids is 1. The normalized spacial score (nSPS) is 22.9. The third-order valence-corrected chi connectivity index (χ3v) is 3.02. The van der Waals surface area contributed by atoms with Crippen LogP contribution >= 0.6 is 0 Å². The molecule has 0 heterocycles. The summed E-state index contributed by atoms with van der Waals surface area (Å²) in [4.78, 5) is 11.8. The SMILES string of the molecule is COC1CC(NC(=O)c2ccc(F)cc2N)C1. The maximum atomic E-state index is 12.8. The Morgan fingerprint density at radius 3 is 2.82 bits per heavy atom. The van der Waals surface area contributed by atoms with Crippen LogP contribution in [0.15, 0.2) is 18.2 Å². The van der Waals surface area contributed by atoms with E-state index in [2.05, 4.69) is 5.32 Å². The van der Waals surface area contributed by atoms with Gasteiger partial charge in [-0.2, -0.15) is 0 Å². The highest BCUT2D eigenvalue weighted by Crippen LogP contribution is 2.23. The van der Waals surface area contributed by atoms with Crippen LogP contribution in [0.2, 0.25) is 0 Å². The lowest BCUT2D eigenvalue weighted by molar-refractivity contribution is 0.0176. The van der Waals surface area contributed by atoms with Crippen molar-refractivity contribution in [3.63, 3.8) is 0 Å². The van der Waals surface area contributed by atoms with Gasteiger partial charge in [-0.05, 0) is 31.0 Å². The topological polar surface area (TPSA) is 64.3 Å². The Hall–Kier alpha value is -1.62. The van der Waals surface area contributed by atoms with E-state index in [0.29, 0.717) is 5.56 Å². The molecule has 5 heteroatoms. The largest absolute Gasteiger partial charge is 0.398 e. The van der Waals surface area contributed by atoms with E-state index in [1.165, 1.54) is 12.1 Å². The maximum Gasteiger partial charge on any atom is 0.253 e. The fraction of sp³-hybridized carbons (Fsp3) is 0.417. The molecule has 0 spiro atoms. The van der Waals surface area contributed by atoms with E-state index in [9.17, 15) is 9.18 Å². The van der Waals surface area contributed by atoms with Gasteiger partial charge in [-0.1, -0.05) is 0 Å². The van der Waals surface area contributed by atoms with Crippen molar-refractivity contribution in [3.05, 3.63) is 29.6 Å². The third-order valence-electron chi connectivity index (χ3n) is 3.02. The highest BCUT2D eigenvalue weighted by atomic mass is 19.1. The molecule has 0 aliphatic heterocycles. The smallest absolute Gasteiger partial charge is 0.253 e.